The Morgan fingerprint density at radius 2 is 2.20 bits per heavy atom. The van der Waals surface area contributed by atoms with E-state index in [0.29, 0.717) is 13.0 Å². The molecule has 3 unspecified atom stereocenters. The van der Waals surface area contributed by atoms with Crippen molar-refractivity contribution in [2.45, 2.75) is 44.2 Å². The summed E-state index contributed by atoms with van der Waals surface area (Å²) in [5, 5.41) is 9.28. The number of carboxylic acid groups (broad SMARTS) is 1. The smallest absolute Gasteiger partial charge is 0.323 e. The van der Waals surface area contributed by atoms with Crippen LogP contribution < -0.4 is 5.73 Å². The average Bonchev–Trinajstić information content (AvgIpc) is 2.70. The number of carboxylic acids is 1. The molecule has 116 valence electrons. The van der Waals surface area contributed by atoms with Gasteiger partial charge < -0.3 is 10.8 Å². The lowest BCUT2D eigenvalue weighted by atomic mass is 9.85. The number of sulfone groups is 1. The number of hydrogen-bond donors (Lipinski definition) is 2. The Bertz CT molecular complexity index is 479. The van der Waals surface area contributed by atoms with Crippen LogP contribution in [0.15, 0.2) is 0 Å². The third-order valence-corrected chi connectivity index (χ3v) is 6.64. The Hall–Kier alpha value is -0.660. The molecule has 1 aliphatic carbocycles. The maximum absolute atomic E-state index is 11.5. The highest BCUT2D eigenvalue weighted by atomic mass is 32.2. The number of aliphatic carboxylic acids is 1. The Kier molecular flexibility index (Phi) is 4.41. The normalized spacial score (nSPS) is 37.9. The minimum Gasteiger partial charge on any atom is -0.480 e. The van der Waals surface area contributed by atoms with E-state index in [1.54, 1.807) is 0 Å². The van der Waals surface area contributed by atoms with Crippen LogP contribution in [0.5, 0.6) is 0 Å². The lowest BCUT2D eigenvalue weighted by molar-refractivity contribution is -0.144. The minimum atomic E-state index is -2.90. The summed E-state index contributed by atoms with van der Waals surface area (Å²) < 4.78 is 23.1. The molecule has 1 saturated heterocycles. The molecule has 1 aliphatic heterocycles. The molecule has 6 nitrogen and oxygen atoms in total. The summed E-state index contributed by atoms with van der Waals surface area (Å²) in [6, 6.07) is 0.00663. The summed E-state index contributed by atoms with van der Waals surface area (Å²) >= 11 is 0. The van der Waals surface area contributed by atoms with E-state index in [1.165, 1.54) is 0 Å². The molecule has 20 heavy (non-hydrogen) atoms. The van der Waals surface area contributed by atoms with Crippen LogP contribution in [-0.2, 0) is 14.6 Å². The summed E-state index contributed by atoms with van der Waals surface area (Å²) in [7, 11) is -2.90. The van der Waals surface area contributed by atoms with E-state index in [9.17, 15) is 18.3 Å². The fourth-order valence-electron chi connectivity index (χ4n) is 3.47. The summed E-state index contributed by atoms with van der Waals surface area (Å²) in [5.41, 5.74) is 4.93. The molecule has 1 saturated carbocycles. The highest BCUT2D eigenvalue weighted by molar-refractivity contribution is 7.91. The first-order valence-electron chi connectivity index (χ1n) is 7.21. The molecule has 2 aliphatic rings. The van der Waals surface area contributed by atoms with Gasteiger partial charge in [-0.15, -0.1) is 0 Å². The van der Waals surface area contributed by atoms with Crippen molar-refractivity contribution < 1.29 is 18.3 Å². The second-order valence-corrected chi connectivity index (χ2v) is 8.45. The summed E-state index contributed by atoms with van der Waals surface area (Å²) in [6.07, 6.45) is 2.98. The van der Waals surface area contributed by atoms with E-state index in [-0.39, 0.29) is 23.5 Å². The quantitative estimate of drug-likeness (QED) is 0.762. The van der Waals surface area contributed by atoms with Crippen molar-refractivity contribution in [3.63, 3.8) is 0 Å². The molecule has 2 rings (SSSR count). The van der Waals surface area contributed by atoms with E-state index in [2.05, 4.69) is 4.90 Å². The van der Waals surface area contributed by atoms with Crippen molar-refractivity contribution in [3.8, 4) is 0 Å². The highest BCUT2D eigenvalue weighted by Crippen LogP contribution is 2.36. The molecule has 7 heteroatoms. The van der Waals surface area contributed by atoms with Gasteiger partial charge in [0.05, 0.1) is 11.5 Å². The Morgan fingerprint density at radius 1 is 1.50 bits per heavy atom. The molecule has 3 N–H and O–H groups in total. The maximum Gasteiger partial charge on any atom is 0.323 e. The van der Waals surface area contributed by atoms with Crippen molar-refractivity contribution in [2.75, 3.05) is 24.6 Å². The van der Waals surface area contributed by atoms with Crippen LogP contribution in [-0.4, -0.2) is 60.6 Å². The molecule has 0 bridgehead atoms. The zero-order valence-corrected chi connectivity index (χ0v) is 12.7. The predicted molar refractivity (Wildman–Crippen MR) is 76.2 cm³/mol. The fourth-order valence-corrected chi connectivity index (χ4v) is 5.10. The first-order chi connectivity index (χ1) is 9.24. The molecule has 1 heterocycles. The predicted octanol–water partition coefficient (Wildman–Crippen LogP) is 0.0776. The van der Waals surface area contributed by atoms with Crippen LogP contribution in [0.1, 0.15) is 32.6 Å². The summed E-state index contributed by atoms with van der Waals surface area (Å²) in [6.45, 7) is 3.19. The molecule has 2 fully saturated rings. The van der Waals surface area contributed by atoms with Crippen molar-refractivity contribution >= 4 is 15.8 Å². The lowest BCUT2D eigenvalue weighted by Crippen LogP contribution is -2.52. The molecule has 0 aromatic heterocycles. The van der Waals surface area contributed by atoms with Crippen LogP contribution in [0, 0.1) is 5.92 Å². The molecule has 0 spiro atoms. The number of hydrogen-bond acceptors (Lipinski definition) is 5. The van der Waals surface area contributed by atoms with Crippen molar-refractivity contribution in [1.82, 2.24) is 4.90 Å². The van der Waals surface area contributed by atoms with Gasteiger partial charge in [0.15, 0.2) is 9.84 Å². The SMILES string of the molecule is CC1CS(=O)(=O)CCN1CCC1CCCC1(N)C(=O)O. The van der Waals surface area contributed by atoms with Crippen LogP contribution in [0.4, 0.5) is 0 Å². The maximum atomic E-state index is 11.5. The zero-order valence-electron chi connectivity index (χ0n) is 11.9. The molecule has 0 radical (unpaired) electrons. The number of rotatable bonds is 4. The molecule has 0 aromatic carbocycles. The van der Waals surface area contributed by atoms with Gasteiger partial charge in [0.25, 0.3) is 0 Å². The van der Waals surface area contributed by atoms with Crippen molar-refractivity contribution in [1.29, 1.82) is 0 Å². The van der Waals surface area contributed by atoms with E-state index < -0.39 is 21.3 Å². The monoisotopic (exact) mass is 304 g/mol. The zero-order chi connectivity index (χ0) is 15.0. The standard InChI is InChI=1S/C13H24N2O4S/c1-10-9-20(18,19)8-7-15(10)6-4-11-3-2-5-13(11,14)12(16)17/h10-11H,2-9,14H2,1H3,(H,16,17). The second-order valence-electron chi connectivity index (χ2n) is 6.22. The third-order valence-electron chi connectivity index (χ3n) is 4.84. The van der Waals surface area contributed by atoms with Gasteiger partial charge in [-0.3, -0.25) is 9.69 Å². The molecular formula is C13H24N2O4S. The number of nitrogens with two attached hydrogens (primary N) is 1. The summed E-state index contributed by atoms with van der Waals surface area (Å²) in [5.74, 6) is -0.515. The molecule has 3 atom stereocenters. The first-order valence-corrected chi connectivity index (χ1v) is 9.03. The first kappa shape index (κ1) is 15.7. The van der Waals surface area contributed by atoms with Gasteiger partial charge in [-0.05, 0) is 38.6 Å². The van der Waals surface area contributed by atoms with Crippen LogP contribution >= 0.6 is 0 Å². The third kappa shape index (κ3) is 3.15. The molecule has 0 aromatic rings. The van der Waals surface area contributed by atoms with Crippen LogP contribution in [0.25, 0.3) is 0 Å². The average molecular weight is 304 g/mol. The minimum absolute atomic E-state index is 0.00663. The topological polar surface area (TPSA) is 101 Å². The molecular weight excluding hydrogens is 280 g/mol. The van der Waals surface area contributed by atoms with Crippen LogP contribution in [0.2, 0.25) is 0 Å². The van der Waals surface area contributed by atoms with Gasteiger partial charge in [-0.25, -0.2) is 8.42 Å². The van der Waals surface area contributed by atoms with Gasteiger partial charge in [0.2, 0.25) is 0 Å². The van der Waals surface area contributed by atoms with Gasteiger partial charge in [0, 0.05) is 12.6 Å². The second kappa shape index (κ2) is 5.61. The Morgan fingerprint density at radius 3 is 2.80 bits per heavy atom. The Labute approximate surface area is 120 Å². The number of carbonyl (C=O) groups is 1. The van der Waals surface area contributed by atoms with E-state index in [4.69, 9.17) is 5.73 Å². The van der Waals surface area contributed by atoms with Crippen molar-refractivity contribution in [2.24, 2.45) is 11.7 Å². The number of nitrogens with zero attached hydrogens (tertiary/aromatic N) is 1. The van der Waals surface area contributed by atoms with Crippen molar-refractivity contribution in [3.05, 3.63) is 0 Å². The highest BCUT2D eigenvalue weighted by Gasteiger charge is 2.45. The van der Waals surface area contributed by atoms with E-state index >= 15 is 0 Å². The van der Waals surface area contributed by atoms with Gasteiger partial charge >= 0.3 is 5.97 Å². The lowest BCUT2D eigenvalue weighted by Gasteiger charge is -2.35. The Balaban J connectivity index is 1.91. The largest absolute Gasteiger partial charge is 0.480 e. The van der Waals surface area contributed by atoms with Gasteiger partial charge in [-0.1, -0.05) is 6.42 Å². The van der Waals surface area contributed by atoms with Crippen LogP contribution in [0.3, 0.4) is 0 Å². The summed E-state index contributed by atoms with van der Waals surface area (Å²) in [4.78, 5) is 13.5. The fraction of sp³-hybridized carbons (Fsp3) is 0.923. The van der Waals surface area contributed by atoms with E-state index in [1.807, 2.05) is 6.92 Å². The van der Waals surface area contributed by atoms with Gasteiger partial charge in [0.1, 0.15) is 5.54 Å². The van der Waals surface area contributed by atoms with Gasteiger partial charge in [-0.2, -0.15) is 0 Å². The van der Waals surface area contributed by atoms with E-state index in [0.717, 1.165) is 25.8 Å². The molecule has 0 amide bonds.